The number of carbonyl (C=O) groups is 2. The molecule has 176 valence electrons. The van der Waals surface area contributed by atoms with Crippen LogP contribution in [0.5, 0.6) is 0 Å². The molecular weight excluding hydrogens is 408 g/mol. The predicted molar refractivity (Wildman–Crippen MR) is 139 cm³/mol. The molecule has 6 N–H and O–H groups in total. The molecule has 0 saturated carbocycles. The summed E-state index contributed by atoms with van der Waals surface area (Å²) in [6.07, 6.45) is 2.38. The topological polar surface area (TPSA) is 110 Å². The summed E-state index contributed by atoms with van der Waals surface area (Å²) in [6.45, 7) is 12.0. The summed E-state index contributed by atoms with van der Waals surface area (Å²) in [5, 5.41) is 2.65. The molecular formula is C24H42N4O2S. The van der Waals surface area contributed by atoms with Crippen molar-refractivity contribution in [3.63, 3.8) is 0 Å². The second kappa shape index (κ2) is 25.5. The molecule has 0 aromatic heterocycles. The Labute approximate surface area is 193 Å². The predicted octanol–water partition coefficient (Wildman–Crippen LogP) is 5.67. The molecule has 0 aliphatic heterocycles. The van der Waals surface area contributed by atoms with Crippen LogP contribution >= 0.6 is 11.9 Å². The average Bonchev–Trinajstić information content (AvgIpc) is 2.83. The minimum Gasteiger partial charge on any atom is -0.370 e. The first kappa shape index (κ1) is 33.1. The number of primary amides is 1. The highest BCUT2D eigenvalue weighted by atomic mass is 32.2. The molecule has 0 aliphatic carbocycles. The summed E-state index contributed by atoms with van der Waals surface area (Å²) >= 11 is 1.60. The van der Waals surface area contributed by atoms with Crippen LogP contribution in [0.15, 0.2) is 60.7 Å². The van der Waals surface area contributed by atoms with Gasteiger partial charge in [-0.2, -0.15) is 0 Å². The van der Waals surface area contributed by atoms with Crippen molar-refractivity contribution in [1.82, 2.24) is 0 Å². The minimum atomic E-state index is -0.715. The van der Waals surface area contributed by atoms with Gasteiger partial charge in [0.15, 0.2) is 0 Å². The van der Waals surface area contributed by atoms with Crippen molar-refractivity contribution in [1.29, 1.82) is 0 Å². The largest absolute Gasteiger partial charge is 0.370 e. The van der Waals surface area contributed by atoms with E-state index in [0.29, 0.717) is 5.69 Å². The quantitative estimate of drug-likeness (QED) is 0.406. The van der Waals surface area contributed by atoms with Crippen LogP contribution in [0.1, 0.15) is 54.4 Å². The summed E-state index contributed by atoms with van der Waals surface area (Å²) in [7, 11) is 0. The third kappa shape index (κ3) is 20.5. The van der Waals surface area contributed by atoms with E-state index in [-0.39, 0.29) is 18.7 Å². The summed E-state index contributed by atoms with van der Waals surface area (Å²) < 4.78 is 3.12. The van der Waals surface area contributed by atoms with Gasteiger partial charge in [-0.05, 0) is 30.7 Å². The second-order valence-electron chi connectivity index (χ2n) is 5.14. The molecule has 2 amide bonds. The first-order chi connectivity index (χ1) is 15.0. The first-order valence-electron chi connectivity index (χ1n) is 10.8. The molecule has 6 nitrogen and oxygen atoms in total. The van der Waals surface area contributed by atoms with E-state index in [2.05, 4.69) is 10.0 Å². The molecule has 0 heterocycles. The lowest BCUT2D eigenvalue weighted by Gasteiger charge is -2.10. The number of nitrogens with two attached hydrogens (primary N) is 2. The molecule has 0 spiro atoms. The molecule has 1 atom stereocenters. The lowest BCUT2D eigenvalue weighted by atomic mass is 10.1. The Bertz CT molecular complexity index is 641. The second-order valence-corrected chi connectivity index (χ2v) is 5.75. The van der Waals surface area contributed by atoms with Crippen molar-refractivity contribution < 1.29 is 9.59 Å². The average molecular weight is 451 g/mol. The van der Waals surface area contributed by atoms with Gasteiger partial charge in [-0.3, -0.25) is 9.59 Å². The van der Waals surface area contributed by atoms with E-state index >= 15 is 0 Å². The molecule has 0 aliphatic rings. The Morgan fingerprint density at radius 3 is 1.65 bits per heavy atom. The van der Waals surface area contributed by atoms with Gasteiger partial charge in [-0.25, -0.2) is 0 Å². The van der Waals surface area contributed by atoms with E-state index < -0.39 is 11.9 Å². The molecule has 7 heteroatoms. The monoisotopic (exact) mass is 450 g/mol. The van der Waals surface area contributed by atoms with Crippen LogP contribution < -0.4 is 21.5 Å². The fraction of sp³-hybridized carbons (Fsp3) is 0.417. The minimum absolute atomic E-state index is 0.114. The Kier molecular flexibility index (Phi) is 27.3. The summed E-state index contributed by atoms with van der Waals surface area (Å²) in [6, 6.07) is 18.4. The molecule has 1 unspecified atom stereocenters. The van der Waals surface area contributed by atoms with Crippen molar-refractivity contribution in [2.24, 2.45) is 11.5 Å². The standard InChI is InChI=1S/C11H15N3O2.C7H9NS.3C2H6/c12-9(6-7-10(13)15)11(16)14-8-4-2-1-3-5-8;1-9-8-7-5-3-2-4-6-7;3*1-2/h1-5,9H,6-7,12H2,(H2,13,15)(H,14,16);2-6,8H,1H3;3*1-2H3. The molecule has 0 fully saturated rings. The number of anilines is 2. The van der Waals surface area contributed by atoms with Gasteiger partial charge >= 0.3 is 0 Å². The van der Waals surface area contributed by atoms with Crippen molar-refractivity contribution in [2.75, 3.05) is 16.3 Å². The number of hydrogen-bond acceptors (Lipinski definition) is 5. The smallest absolute Gasteiger partial charge is 0.241 e. The van der Waals surface area contributed by atoms with Crippen molar-refractivity contribution >= 4 is 35.1 Å². The Morgan fingerprint density at radius 2 is 1.26 bits per heavy atom. The summed E-state index contributed by atoms with van der Waals surface area (Å²) in [5.41, 5.74) is 12.4. The van der Waals surface area contributed by atoms with Gasteiger partial charge in [0.25, 0.3) is 0 Å². The van der Waals surface area contributed by atoms with E-state index in [9.17, 15) is 9.59 Å². The van der Waals surface area contributed by atoms with Crippen LogP contribution in [-0.4, -0.2) is 24.1 Å². The highest BCUT2D eigenvalue weighted by Crippen LogP contribution is 2.08. The molecule has 0 radical (unpaired) electrons. The maximum Gasteiger partial charge on any atom is 0.241 e. The Hall–Kier alpha value is -2.51. The summed E-state index contributed by atoms with van der Waals surface area (Å²) in [5.74, 6) is -0.768. The maximum atomic E-state index is 11.5. The Morgan fingerprint density at radius 1 is 0.839 bits per heavy atom. The normalized spacial score (nSPS) is 9.29. The van der Waals surface area contributed by atoms with Crippen molar-refractivity contribution in [3.05, 3.63) is 60.7 Å². The van der Waals surface area contributed by atoms with Crippen LogP contribution in [0, 0.1) is 0 Å². The van der Waals surface area contributed by atoms with E-state index in [0.717, 1.165) is 5.69 Å². The van der Waals surface area contributed by atoms with Gasteiger partial charge in [-0.15, -0.1) is 0 Å². The van der Waals surface area contributed by atoms with Crippen LogP contribution in [0.2, 0.25) is 0 Å². The third-order valence-electron chi connectivity index (χ3n) is 3.07. The molecule has 0 saturated heterocycles. The maximum absolute atomic E-state index is 11.5. The molecule has 0 bridgehead atoms. The number of para-hydroxylation sites is 2. The first-order valence-corrected chi connectivity index (χ1v) is 12.0. The van der Waals surface area contributed by atoms with Crippen molar-refractivity contribution in [3.8, 4) is 0 Å². The van der Waals surface area contributed by atoms with Gasteiger partial charge in [0.05, 0.1) is 6.04 Å². The summed E-state index contributed by atoms with van der Waals surface area (Å²) in [4.78, 5) is 22.1. The van der Waals surface area contributed by atoms with E-state index in [1.807, 2.05) is 96.3 Å². The number of amides is 2. The number of rotatable bonds is 7. The van der Waals surface area contributed by atoms with Crippen LogP contribution in [0.3, 0.4) is 0 Å². The SMILES string of the molecule is CC.CC.CC.CSNc1ccccc1.NC(=O)CCC(N)C(=O)Nc1ccccc1. The van der Waals surface area contributed by atoms with E-state index in [4.69, 9.17) is 11.5 Å². The highest BCUT2D eigenvalue weighted by Gasteiger charge is 2.14. The fourth-order valence-electron chi connectivity index (χ4n) is 1.81. The lowest BCUT2D eigenvalue weighted by molar-refractivity contribution is -0.119. The van der Waals surface area contributed by atoms with E-state index in [1.165, 1.54) is 0 Å². The van der Waals surface area contributed by atoms with Gasteiger partial charge in [0, 0.05) is 24.1 Å². The zero-order chi connectivity index (χ0) is 24.5. The zero-order valence-electron chi connectivity index (χ0n) is 20.1. The fourth-order valence-corrected chi connectivity index (χ4v) is 2.18. The van der Waals surface area contributed by atoms with Crippen molar-refractivity contribution in [2.45, 2.75) is 60.4 Å². The highest BCUT2D eigenvalue weighted by molar-refractivity contribution is 7.99. The van der Waals surface area contributed by atoms with Gasteiger partial charge in [-0.1, -0.05) is 89.9 Å². The number of nitrogens with one attached hydrogen (secondary N) is 2. The molecule has 2 aromatic carbocycles. The van der Waals surface area contributed by atoms with Crippen LogP contribution in [-0.2, 0) is 9.59 Å². The van der Waals surface area contributed by atoms with Crippen LogP contribution in [0.25, 0.3) is 0 Å². The molecule has 2 aromatic rings. The van der Waals surface area contributed by atoms with Gasteiger partial charge in [0.2, 0.25) is 11.8 Å². The van der Waals surface area contributed by atoms with E-state index in [1.54, 1.807) is 24.1 Å². The molecule has 31 heavy (non-hydrogen) atoms. The zero-order valence-corrected chi connectivity index (χ0v) is 21.0. The number of carbonyl (C=O) groups excluding carboxylic acids is 2. The Balaban J connectivity index is -0.000000442. The number of hydrogen-bond donors (Lipinski definition) is 4. The number of benzene rings is 2. The van der Waals surface area contributed by atoms with Gasteiger partial charge in [0.1, 0.15) is 0 Å². The van der Waals surface area contributed by atoms with Gasteiger partial charge < -0.3 is 21.5 Å². The van der Waals surface area contributed by atoms with Crippen LogP contribution in [0.4, 0.5) is 11.4 Å². The third-order valence-corrected chi connectivity index (χ3v) is 3.51. The molecule has 2 rings (SSSR count). The lowest BCUT2D eigenvalue weighted by Crippen LogP contribution is -2.36.